The molecule has 1 aliphatic heterocycles. The molecule has 1 N–H and O–H groups in total. The van der Waals surface area contributed by atoms with Crippen molar-refractivity contribution < 1.29 is 14.6 Å². The van der Waals surface area contributed by atoms with Gasteiger partial charge in [0.25, 0.3) is 0 Å². The molecule has 7 heteroatoms. The van der Waals surface area contributed by atoms with Crippen molar-refractivity contribution in [1.82, 2.24) is 9.78 Å². The fourth-order valence-corrected chi connectivity index (χ4v) is 4.36. The van der Waals surface area contributed by atoms with Gasteiger partial charge in [0, 0.05) is 23.7 Å². The Kier molecular flexibility index (Phi) is 6.30. The number of anilines is 1. The molecule has 1 aromatic heterocycles. The fourth-order valence-electron chi connectivity index (χ4n) is 4.36. The summed E-state index contributed by atoms with van der Waals surface area (Å²) < 4.78 is 7.05. The van der Waals surface area contributed by atoms with Gasteiger partial charge >= 0.3 is 5.97 Å². The van der Waals surface area contributed by atoms with Crippen molar-refractivity contribution in [3.05, 3.63) is 102 Å². The van der Waals surface area contributed by atoms with Crippen LogP contribution in [0.3, 0.4) is 0 Å². The molecule has 1 aliphatic rings. The van der Waals surface area contributed by atoms with E-state index in [9.17, 15) is 9.90 Å². The number of aryl methyl sites for hydroxylation is 1. The third-order valence-electron chi connectivity index (χ3n) is 6.11. The summed E-state index contributed by atoms with van der Waals surface area (Å²) in [7, 11) is 1.66. The van der Waals surface area contributed by atoms with Crippen LogP contribution in [0.1, 0.15) is 30.0 Å². The van der Waals surface area contributed by atoms with E-state index in [1.807, 2.05) is 96.1 Å². The fraction of sp³-hybridized carbons (Fsp3) is 0.179. The van der Waals surface area contributed by atoms with Crippen molar-refractivity contribution >= 4 is 17.4 Å². The number of aromatic nitrogens is 2. The highest BCUT2D eigenvalue weighted by molar-refractivity contribution is 6.03. The van der Waals surface area contributed by atoms with Gasteiger partial charge in [-0.25, -0.2) is 0 Å². The number of rotatable bonds is 8. The predicted molar refractivity (Wildman–Crippen MR) is 136 cm³/mol. The largest absolute Gasteiger partial charge is 0.497 e. The monoisotopic (exact) mass is 466 g/mol. The number of hydrogen-bond donors (Lipinski definition) is 1. The number of nitrogens with zero attached hydrogens (tertiary/aromatic N) is 4. The number of ether oxygens (including phenoxy) is 1. The average Bonchev–Trinajstić information content (AvgIpc) is 3.53. The van der Waals surface area contributed by atoms with E-state index < -0.39 is 5.97 Å². The number of hydrogen-bond acceptors (Lipinski definition) is 5. The van der Waals surface area contributed by atoms with Gasteiger partial charge in [-0.1, -0.05) is 48.5 Å². The molecule has 35 heavy (non-hydrogen) atoms. The topological polar surface area (TPSA) is 80.0 Å². The number of carbonyl (C=O) groups is 1. The van der Waals surface area contributed by atoms with Gasteiger partial charge in [0.2, 0.25) is 0 Å². The Labute approximate surface area is 203 Å². The number of para-hydroxylation sites is 1. The molecule has 0 saturated carbocycles. The van der Waals surface area contributed by atoms with E-state index in [4.69, 9.17) is 14.9 Å². The summed E-state index contributed by atoms with van der Waals surface area (Å²) in [6.45, 7) is 0.305. The van der Waals surface area contributed by atoms with E-state index in [2.05, 4.69) is 0 Å². The van der Waals surface area contributed by atoms with Gasteiger partial charge in [-0.05, 0) is 42.0 Å². The van der Waals surface area contributed by atoms with Crippen molar-refractivity contribution in [3.8, 4) is 17.0 Å². The molecule has 0 unspecified atom stereocenters. The van der Waals surface area contributed by atoms with E-state index in [1.165, 1.54) is 0 Å². The Bertz CT molecular complexity index is 1330. The lowest BCUT2D eigenvalue weighted by atomic mass is 9.96. The van der Waals surface area contributed by atoms with Crippen molar-refractivity contribution in [2.75, 3.05) is 12.1 Å². The van der Waals surface area contributed by atoms with Crippen LogP contribution in [-0.2, 0) is 11.3 Å². The molecule has 0 amide bonds. The zero-order chi connectivity index (χ0) is 24.2. The van der Waals surface area contributed by atoms with Crippen LogP contribution < -0.4 is 9.75 Å². The Morgan fingerprint density at radius 1 is 0.971 bits per heavy atom. The van der Waals surface area contributed by atoms with Gasteiger partial charge in [-0.2, -0.15) is 10.2 Å². The third-order valence-corrected chi connectivity index (χ3v) is 6.11. The minimum absolute atomic E-state index is 0.00993. The highest BCUT2D eigenvalue weighted by Crippen LogP contribution is 2.40. The first-order valence-corrected chi connectivity index (χ1v) is 11.5. The number of hydrazone groups is 1. The smallest absolute Gasteiger partial charge is 0.305 e. The number of carboxylic acid groups (broad SMARTS) is 1. The second kappa shape index (κ2) is 9.85. The molecule has 176 valence electrons. The molecular formula is C28H26N4O3. The number of benzene rings is 3. The first-order valence-electron chi connectivity index (χ1n) is 11.5. The molecule has 0 aliphatic carbocycles. The standard InChI is InChI=1S/C28H26N4O3/c1-35-23-14-12-20(13-15-23)25-18-26(32(29-25)22-10-6-3-7-11-22)24-19-31(17-16-27(33)34)30-28(24)21-8-4-2-5-9-21/h2-15,19,26H,16-18H2,1H3,(H,33,34)/t26-/m1/s1. The molecule has 2 heterocycles. The summed E-state index contributed by atoms with van der Waals surface area (Å²) >= 11 is 0. The Morgan fingerprint density at radius 2 is 1.66 bits per heavy atom. The van der Waals surface area contributed by atoms with Gasteiger partial charge in [0.05, 0.1) is 43.2 Å². The van der Waals surface area contributed by atoms with Crippen LogP contribution in [0.2, 0.25) is 0 Å². The number of aliphatic carboxylic acids is 1. The summed E-state index contributed by atoms with van der Waals surface area (Å²) in [6.07, 6.45) is 2.67. The maximum atomic E-state index is 11.2. The highest BCUT2D eigenvalue weighted by Gasteiger charge is 2.33. The predicted octanol–water partition coefficient (Wildman–Crippen LogP) is 5.39. The average molecular weight is 467 g/mol. The molecule has 0 radical (unpaired) electrons. The lowest BCUT2D eigenvalue weighted by molar-refractivity contribution is -0.137. The second-order valence-electron chi connectivity index (χ2n) is 8.38. The zero-order valence-corrected chi connectivity index (χ0v) is 19.4. The van der Waals surface area contributed by atoms with Crippen molar-refractivity contribution in [2.24, 2.45) is 5.10 Å². The molecule has 0 fully saturated rings. The zero-order valence-electron chi connectivity index (χ0n) is 19.4. The van der Waals surface area contributed by atoms with E-state index in [0.717, 1.165) is 39.5 Å². The van der Waals surface area contributed by atoms with Crippen molar-refractivity contribution in [2.45, 2.75) is 25.4 Å². The van der Waals surface area contributed by atoms with Crippen LogP contribution in [0, 0.1) is 0 Å². The molecule has 4 aromatic rings. The maximum absolute atomic E-state index is 11.2. The van der Waals surface area contributed by atoms with Gasteiger partial charge in [-0.3, -0.25) is 14.5 Å². The minimum atomic E-state index is -0.847. The minimum Gasteiger partial charge on any atom is -0.497 e. The van der Waals surface area contributed by atoms with Gasteiger partial charge in [0.15, 0.2) is 0 Å². The maximum Gasteiger partial charge on any atom is 0.305 e. The van der Waals surface area contributed by atoms with Crippen LogP contribution in [0.15, 0.2) is 96.2 Å². The number of methoxy groups -OCH3 is 1. The normalized spacial score (nSPS) is 15.2. The number of carboxylic acids is 1. The molecule has 0 saturated heterocycles. The van der Waals surface area contributed by atoms with Crippen molar-refractivity contribution in [1.29, 1.82) is 0 Å². The van der Waals surface area contributed by atoms with E-state index in [-0.39, 0.29) is 12.5 Å². The van der Waals surface area contributed by atoms with E-state index >= 15 is 0 Å². The van der Waals surface area contributed by atoms with Crippen LogP contribution >= 0.6 is 0 Å². The summed E-state index contributed by atoms with van der Waals surface area (Å²) in [5.74, 6) is -0.0462. The molecular weight excluding hydrogens is 440 g/mol. The molecule has 7 nitrogen and oxygen atoms in total. The van der Waals surface area contributed by atoms with E-state index in [0.29, 0.717) is 13.0 Å². The highest BCUT2D eigenvalue weighted by atomic mass is 16.5. The summed E-state index contributed by atoms with van der Waals surface area (Å²) in [5, 5.41) is 21.1. The molecule has 3 aromatic carbocycles. The first kappa shape index (κ1) is 22.4. The quantitative estimate of drug-likeness (QED) is 0.377. The van der Waals surface area contributed by atoms with E-state index in [1.54, 1.807) is 11.8 Å². The van der Waals surface area contributed by atoms with Gasteiger partial charge in [-0.15, -0.1) is 0 Å². The Balaban J connectivity index is 1.58. The summed E-state index contributed by atoms with van der Waals surface area (Å²) in [5.41, 5.74) is 5.83. The molecule has 5 rings (SSSR count). The molecule has 1 atom stereocenters. The van der Waals surface area contributed by atoms with Crippen LogP contribution in [-0.4, -0.2) is 33.7 Å². The first-order chi connectivity index (χ1) is 17.1. The molecule has 0 bridgehead atoms. The van der Waals surface area contributed by atoms with Crippen molar-refractivity contribution in [3.63, 3.8) is 0 Å². The van der Waals surface area contributed by atoms with Gasteiger partial charge < -0.3 is 9.84 Å². The Hall–Kier alpha value is -4.39. The lowest BCUT2D eigenvalue weighted by Gasteiger charge is -2.23. The summed E-state index contributed by atoms with van der Waals surface area (Å²) in [6, 6.07) is 27.9. The van der Waals surface area contributed by atoms with Gasteiger partial charge in [0.1, 0.15) is 5.75 Å². The molecule has 0 spiro atoms. The lowest BCUT2D eigenvalue weighted by Crippen LogP contribution is -2.18. The van der Waals surface area contributed by atoms with Crippen LogP contribution in [0.4, 0.5) is 5.69 Å². The van der Waals surface area contributed by atoms with Crippen LogP contribution in [0.5, 0.6) is 5.75 Å². The third kappa shape index (κ3) is 4.80. The SMILES string of the molecule is COc1ccc(C2=NN(c3ccccc3)[C@@H](c3cn(CCC(=O)O)nc3-c3ccccc3)C2)cc1. The Morgan fingerprint density at radius 3 is 2.31 bits per heavy atom. The second-order valence-corrected chi connectivity index (χ2v) is 8.38. The van der Waals surface area contributed by atoms with Crippen LogP contribution in [0.25, 0.3) is 11.3 Å². The summed E-state index contributed by atoms with van der Waals surface area (Å²) in [4.78, 5) is 11.2.